The highest BCUT2D eigenvalue weighted by Gasteiger charge is 2.26. The SMILES string of the molecule is CCCCC1CCC(C(=O)Nc2nc3ccc(Cl)cc3s2)CC1. The van der Waals surface area contributed by atoms with Crippen LogP contribution in [0, 0.1) is 11.8 Å². The van der Waals surface area contributed by atoms with Gasteiger partial charge in [-0.25, -0.2) is 4.98 Å². The minimum absolute atomic E-state index is 0.129. The first-order valence-electron chi connectivity index (χ1n) is 8.52. The maximum absolute atomic E-state index is 12.5. The number of fused-ring (bicyclic) bond motifs is 1. The van der Waals surface area contributed by atoms with Gasteiger partial charge in [-0.3, -0.25) is 4.79 Å². The van der Waals surface area contributed by atoms with Gasteiger partial charge in [-0.1, -0.05) is 49.1 Å². The molecule has 0 radical (unpaired) electrons. The van der Waals surface area contributed by atoms with Crippen molar-refractivity contribution in [2.75, 3.05) is 5.32 Å². The molecular formula is C18H23ClN2OS. The van der Waals surface area contributed by atoms with Crippen molar-refractivity contribution in [2.24, 2.45) is 11.8 Å². The lowest BCUT2D eigenvalue weighted by molar-refractivity contribution is -0.121. The number of benzene rings is 1. The van der Waals surface area contributed by atoms with Crippen LogP contribution in [0.2, 0.25) is 5.02 Å². The molecular weight excluding hydrogens is 328 g/mol. The highest BCUT2D eigenvalue weighted by Crippen LogP contribution is 2.33. The van der Waals surface area contributed by atoms with Gasteiger partial charge in [0.05, 0.1) is 10.2 Å². The van der Waals surface area contributed by atoms with Gasteiger partial charge in [0, 0.05) is 10.9 Å². The Bertz CT molecular complexity index is 677. The molecule has 1 aromatic heterocycles. The molecule has 1 amide bonds. The second kappa shape index (κ2) is 7.63. The first-order chi connectivity index (χ1) is 11.2. The van der Waals surface area contributed by atoms with Crippen LogP contribution < -0.4 is 5.32 Å². The van der Waals surface area contributed by atoms with Gasteiger partial charge >= 0.3 is 0 Å². The fourth-order valence-corrected chi connectivity index (χ4v) is 4.51. The van der Waals surface area contributed by atoms with E-state index in [0.29, 0.717) is 10.2 Å². The monoisotopic (exact) mass is 350 g/mol. The third kappa shape index (κ3) is 4.24. The summed E-state index contributed by atoms with van der Waals surface area (Å²) in [6.07, 6.45) is 8.30. The number of thiazole rings is 1. The quantitative estimate of drug-likeness (QED) is 0.731. The number of nitrogens with zero attached hydrogens (tertiary/aromatic N) is 1. The molecule has 0 saturated heterocycles. The molecule has 1 aliphatic carbocycles. The number of hydrogen-bond donors (Lipinski definition) is 1. The molecule has 3 rings (SSSR count). The summed E-state index contributed by atoms with van der Waals surface area (Å²) >= 11 is 7.48. The number of rotatable bonds is 5. The molecule has 1 heterocycles. The average molecular weight is 351 g/mol. The first kappa shape index (κ1) is 16.7. The Kier molecular flexibility index (Phi) is 5.54. The van der Waals surface area contributed by atoms with E-state index in [-0.39, 0.29) is 11.8 Å². The van der Waals surface area contributed by atoms with Crippen molar-refractivity contribution < 1.29 is 4.79 Å². The zero-order valence-electron chi connectivity index (χ0n) is 13.5. The third-order valence-electron chi connectivity index (χ3n) is 4.76. The maximum Gasteiger partial charge on any atom is 0.229 e. The van der Waals surface area contributed by atoms with Gasteiger partial charge in [0.1, 0.15) is 0 Å². The number of hydrogen-bond acceptors (Lipinski definition) is 3. The minimum Gasteiger partial charge on any atom is -0.302 e. The minimum atomic E-state index is 0.129. The van der Waals surface area contributed by atoms with Crippen LogP contribution in [0.5, 0.6) is 0 Å². The van der Waals surface area contributed by atoms with Crippen molar-refractivity contribution in [3.63, 3.8) is 0 Å². The first-order valence-corrected chi connectivity index (χ1v) is 9.72. The molecule has 3 nitrogen and oxygen atoms in total. The van der Waals surface area contributed by atoms with Crippen LogP contribution in [0.4, 0.5) is 5.13 Å². The van der Waals surface area contributed by atoms with Crippen molar-refractivity contribution in [1.82, 2.24) is 4.98 Å². The molecule has 1 N–H and O–H groups in total. The summed E-state index contributed by atoms with van der Waals surface area (Å²) in [5, 5.41) is 4.38. The second-order valence-electron chi connectivity index (χ2n) is 6.48. The lowest BCUT2D eigenvalue weighted by Gasteiger charge is -2.27. The molecule has 2 aromatic rings. The number of carbonyl (C=O) groups excluding carboxylic acids is 1. The molecule has 1 aliphatic rings. The fourth-order valence-electron chi connectivity index (χ4n) is 3.37. The molecule has 23 heavy (non-hydrogen) atoms. The molecule has 1 saturated carbocycles. The standard InChI is InChI=1S/C18H23ClN2OS/c1-2-3-4-12-5-7-13(8-6-12)17(22)21-18-20-15-10-9-14(19)11-16(15)23-18/h9-13H,2-8H2,1H3,(H,20,21,22). The van der Waals surface area contributed by atoms with Gasteiger partial charge in [0.15, 0.2) is 5.13 Å². The largest absolute Gasteiger partial charge is 0.302 e. The zero-order chi connectivity index (χ0) is 16.2. The van der Waals surface area contributed by atoms with E-state index in [0.717, 1.165) is 29.0 Å². The van der Waals surface area contributed by atoms with Crippen LogP contribution in [-0.2, 0) is 4.79 Å². The lowest BCUT2D eigenvalue weighted by Crippen LogP contribution is -2.27. The summed E-state index contributed by atoms with van der Waals surface area (Å²) in [6, 6.07) is 5.61. The van der Waals surface area contributed by atoms with E-state index in [1.165, 1.54) is 43.4 Å². The van der Waals surface area contributed by atoms with E-state index in [9.17, 15) is 4.79 Å². The van der Waals surface area contributed by atoms with E-state index in [2.05, 4.69) is 17.2 Å². The summed E-state index contributed by atoms with van der Waals surface area (Å²) in [7, 11) is 0. The molecule has 0 spiro atoms. The second-order valence-corrected chi connectivity index (χ2v) is 7.95. The average Bonchev–Trinajstić information content (AvgIpc) is 2.94. The topological polar surface area (TPSA) is 42.0 Å². The van der Waals surface area contributed by atoms with Crippen LogP contribution >= 0.6 is 22.9 Å². The molecule has 0 bridgehead atoms. The summed E-state index contributed by atoms with van der Waals surface area (Å²) in [4.78, 5) is 16.9. The zero-order valence-corrected chi connectivity index (χ0v) is 15.1. The van der Waals surface area contributed by atoms with Crippen molar-refractivity contribution in [1.29, 1.82) is 0 Å². The predicted octanol–water partition coefficient (Wildman–Crippen LogP) is 5.88. The van der Waals surface area contributed by atoms with Crippen molar-refractivity contribution in [3.8, 4) is 0 Å². The van der Waals surface area contributed by atoms with Gasteiger partial charge in [-0.15, -0.1) is 0 Å². The number of amides is 1. The Morgan fingerprint density at radius 1 is 1.35 bits per heavy atom. The van der Waals surface area contributed by atoms with Gasteiger partial charge in [0.2, 0.25) is 5.91 Å². The van der Waals surface area contributed by atoms with Crippen LogP contribution in [0.25, 0.3) is 10.2 Å². The van der Waals surface area contributed by atoms with E-state index >= 15 is 0 Å². The maximum atomic E-state index is 12.5. The lowest BCUT2D eigenvalue weighted by atomic mass is 9.79. The molecule has 0 unspecified atom stereocenters. The molecule has 1 fully saturated rings. The van der Waals surface area contributed by atoms with Gasteiger partial charge in [-0.05, 0) is 49.8 Å². The molecule has 5 heteroatoms. The van der Waals surface area contributed by atoms with Crippen LogP contribution in [0.1, 0.15) is 51.9 Å². The van der Waals surface area contributed by atoms with Crippen LogP contribution in [0.15, 0.2) is 18.2 Å². The number of halogens is 1. The van der Waals surface area contributed by atoms with Gasteiger partial charge in [0.25, 0.3) is 0 Å². The van der Waals surface area contributed by atoms with Crippen molar-refractivity contribution in [2.45, 2.75) is 51.9 Å². The summed E-state index contributed by atoms with van der Waals surface area (Å²) in [5.41, 5.74) is 0.887. The molecule has 0 aliphatic heterocycles. The van der Waals surface area contributed by atoms with Gasteiger partial charge in [-0.2, -0.15) is 0 Å². The number of nitrogens with one attached hydrogen (secondary N) is 1. The Labute approximate surface area is 146 Å². The summed E-state index contributed by atoms with van der Waals surface area (Å²) < 4.78 is 1.01. The molecule has 0 atom stereocenters. The Balaban J connectivity index is 1.56. The fraction of sp³-hybridized carbons (Fsp3) is 0.556. The van der Waals surface area contributed by atoms with E-state index < -0.39 is 0 Å². The van der Waals surface area contributed by atoms with E-state index in [4.69, 9.17) is 11.6 Å². The molecule has 1 aromatic carbocycles. The van der Waals surface area contributed by atoms with E-state index in [1.54, 1.807) is 0 Å². The van der Waals surface area contributed by atoms with Crippen molar-refractivity contribution in [3.05, 3.63) is 23.2 Å². The Morgan fingerprint density at radius 2 is 2.13 bits per heavy atom. The Morgan fingerprint density at radius 3 is 2.87 bits per heavy atom. The highest BCUT2D eigenvalue weighted by atomic mass is 35.5. The predicted molar refractivity (Wildman–Crippen MR) is 98.2 cm³/mol. The van der Waals surface area contributed by atoms with Crippen molar-refractivity contribution >= 4 is 44.2 Å². The normalized spacial score (nSPS) is 21.5. The number of aromatic nitrogens is 1. The highest BCUT2D eigenvalue weighted by molar-refractivity contribution is 7.22. The van der Waals surface area contributed by atoms with Gasteiger partial charge < -0.3 is 5.32 Å². The number of carbonyl (C=O) groups is 1. The summed E-state index contributed by atoms with van der Waals surface area (Å²) in [5.74, 6) is 1.09. The number of unbranched alkanes of at least 4 members (excludes halogenated alkanes) is 1. The number of anilines is 1. The van der Waals surface area contributed by atoms with E-state index in [1.807, 2.05) is 18.2 Å². The van der Waals surface area contributed by atoms with Crippen LogP contribution in [0.3, 0.4) is 0 Å². The smallest absolute Gasteiger partial charge is 0.229 e. The summed E-state index contributed by atoms with van der Waals surface area (Å²) in [6.45, 7) is 2.24. The molecule has 124 valence electrons. The third-order valence-corrected chi connectivity index (χ3v) is 5.93. The van der Waals surface area contributed by atoms with Crippen LogP contribution in [-0.4, -0.2) is 10.9 Å². The Hall–Kier alpha value is -1.13.